The van der Waals surface area contributed by atoms with Crippen molar-refractivity contribution in [3.8, 4) is 0 Å². The number of aromatic nitrogens is 2. The van der Waals surface area contributed by atoms with Crippen molar-refractivity contribution < 1.29 is 9.53 Å². The van der Waals surface area contributed by atoms with E-state index in [9.17, 15) is 4.79 Å². The van der Waals surface area contributed by atoms with Crippen LogP contribution in [0.5, 0.6) is 0 Å². The lowest BCUT2D eigenvalue weighted by Crippen LogP contribution is -2.15. The first-order chi connectivity index (χ1) is 7.95. The van der Waals surface area contributed by atoms with E-state index in [1.54, 1.807) is 19.2 Å². The third kappa shape index (κ3) is 3.98. The normalized spacial score (nSPS) is 11.8. The third-order valence-electron chi connectivity index (χ3n) is 2.14. The zero-order valence-corrected chi connectivity index (χ0v) is 10.7. The van der Waals surface area contributed by atoms with E-state index < -0.39 is 0 Å². The maximum atomic E-state index is 11.2. The van der Waals surface area contributed by atoms with Crippen molar-refractivity contribution in [2.24, 2.45) is 0 Å². The molecule has 1 heterocycles. The van der Waals surface area contributed by atoms with Gasteiger partial charge < -0.3 is 4.74 Å². The molecule has 0 radical (unpaired) electrons. The van der Waals surface area contributed by atoms with Crippen LogP contribution in [0.15, 0.2) is 18.6 Å². The number of ether oxygens (including phenoxy) is 1. The highest BCUT2D eigenvalue weighted by atomic mass is 16.5. The van der Waals surface area contributed by atoms with E-state index in [0.29, 0.717) is 6.61 Å². The SMILES string of the molecule is CCOC(=O)/C=C/c1cncnc1C(C)(C)C. The number of hydrogen-bond acceptors (Lipinski definition) is 4. The quantitative estimate of drug-likeness (QED) is 0.595. The summed E-state index contributed by atoms with van der Waals surface area (Å²) in [4.78, 5) is 19.5. The van der Waals surface area contributed by atoms with Gasteiger partial charge in [0.15, 0.2) is 0 Å². The van der Waals surface area contributed by atoms with Gasteiger partial charge in [0.05, 0.1) is 12.3 Å². The Morgan fingerprint density at radius 3 is 2.76 bits per heavy atom. The zero-order valence-electron chi connectivity index (χ0n) is 10.7. The molecule has 0 fully saturated rings. The van der Waals surface area contributed by atoms with Gasteiger partial charge in [-0.2, -0.15) is 0 Å². The second kappa shape index (κ2) is 5.57. The first kappa shape index (κ1) is 13.4. The van der Waals surface area contributed by atoms with Crippen LogP contribution in [-0.4, -0.2) is 22.5 Å². The van der Waals surface area contributed by atoms with Gasteiger partial charge in [0.2, 0.25) is 0 Å². The van der Waals surface area contributed by atoms with Gasteiger partial charge in [-0.3, -0.25) is 0 Å². The summed E-state index contributed by atoms with van der Waals surface area (Å²) in [6.07, 6.45) is 6.31. The number of carbonyl (C=O) groups excluding carboxylic acids is 1. The maximum Gasteiger partial charge on any atom is 0.330 e. The molecule has 0 N–H and O–H groups in total. The van der Waals surface area contributed by atoms with Crippen LogP contribution in [0.25, 0.3) is 6.08 Å². The molecule has 4 nitrogen and oxygen atoms in total. The van der Waals surface area contributed by atoms with Crippen LogP contribution in [0.2, 0.25) is 0 Å². The van der Waals surface area contributed by atoms with Crippen LogP contribution in [0.3, 0.4) is 0 Å². The summed E-state index contributed by atoms with van der Waals surface area (Å²) in [6.45, 7) is 8.35. The van der Waals surface area contributed by atoms with E-state index in [4.69, 9.17) is 4.74 Å². The highest BCUT2D eigenvalue weighted by Crippen LogP contribution is 2.23. The molecule has 0 bridgehead atoms. The van der Waals surface area contributed by atoms with Crippen molar-refractivity contribution in [3.63, 3.8) is 0 Å². The van der Waals surface area contributed by atoms with E-state index in [1.165, 1.54) is 12.4 Å². The predicted molar refractivity (Wildman–Crippen MR) is 66.4 cm³/mol. The number of hydrogen-bond donors (Lipinski definition) is 0. The Morgan fingerprint density at radius 1 is 1.47 bits per heavy atom. The van der Waals surface area contributed by atoms with E-state index in [0.717, 1.165) is 11.3 Å². The van der Waals surface area contributed by atoms with Crippen molar-refractivity contribution in [2.45, 2.75) is 33.1 Å². The van der Waals surface area contributed by atoms with Crippen LogP contribution in [0.1, 0.15) is 39.0 Å². The minimum absolute atomic E-state index is 0.0860. The van der Waals surface area contributed by atoms with E-state index in [2.05, 4.69) is 30.7 Å². The summed E-state index contributed by atoms with van der Waals surface area (Å²) in [6, 6.07) is 0. The van der Waals surface area contributed by atoms with Crippen LogP contribution in [0, 0.1) is 0 Å². The van der Waals surface area contributed by atoms with Crippen LogP contribution >= 0.6 is 0 Å². The number of carbonyl (C=O) groups is 1. The highest BCUT2D eigenvalue weighted by Gasteiger charge is 2.18. The molecular formula is C13H18N2O2. The molecule has 0 saturated heterocycles. The molecular weight excluding hydrogens is 216 g/mol. The number of nitrogens with zero attached hydrogens (tertiary/aromatic N) is 2. The lowest BCUT2D eigenvalue weighted by Gasteiger charge is -2.19. The fraction of sp³-hybridized carbons (Fsp3) is 0.462. The summed E-state index contributed by atoms with van der Waals surface area (Å²) in [5, 5.41) is 0. The molecule has 0 atom stereocenters. The maximum absolute atomic E-state index is 11.2. The molecule has 1 rings (SSSR count). The molecule has 0 spiro atoms. The Kier molecular flexibility index (Phi) is 4.37. The Hall–Kier alpha value is -1.71. The van der Waals surface area contributed by atoms with Gasteiger partial charge in [-0.05, 0) is 13.0 Å². The van der Waals surface area contributed by atoms with Gasteiger partial charge in [0.25, 0.3) is 0 Å². The van der Waals surface area contributed by atoms with E-state index in [1.807, 2.05) is 0 Å². The molecule has 0 saturated carbocycles. The molecule has 0 unspecified atom stereocenters. The Labute approximate surface area is 102 Å². The van der Waals surface area contributed by atoms with Crippen molar-refractivity contribution in [1.82, 2.24) is 9.97 Å². The second-order valence-corrected chi connectivity index (χ2v) is 4.66. The Bertz CT molecular complexity index is 420. The standard InChI is InChI=1S/C13H18N2O2/c1-5-17-11(16)7-6-10-8-14-9-15-12(10)13(2,3)4/h6-9H,5H2,1-4H3/b7-6+. The topological polar surface area (TPSA) is 52.1 Å². The third-order valence-corrected chi connectivity index (χ3v) is 2.14. The van der Waals surface area contributed by atoms with Gasteiger partial charge in [0, 0.05) is 23.3 Å². The van der Waals surface area contributed by atoms with E-state index in [-0.39, 0.29) is 11.4 Å². The molecule has 1 aromatic heterocycles. The minimum atomic E-state index is -0.351. The molecule has 4 heteroatoms. The predicted octanol–water partition coefficient (Wildman–Crippen LogP) is 2.35. The van der Waals surface area contributed by atoms with Crippen LogP contribution in [-0.2, 0) is 14.9 Å². The van der Waals surface area contributed by atoms with Crippen molar-refractivity contribution in [1.29, 1.82) is 0 Å². The van der Waals surface area contributed by atoms with Gasteiger partial charge >= 0.3 is 5.97 Å². The highest BCUT2D eigenvalue weighted by molar-refractivity contribution is 5.87. The molecule has 1 aromatic rings. The largest absolute Gasteiger partial charge is 0.463 e. The summed E-state index contributed by atoms with van der Waals surface area (Å²) in [5.74, 6) is -0.351. The molecule has 0 aliphatic rings. The first-order valence-electron chi connectivity index (χ1n) is 5.60. The fourth-order valence-electron chi connectivity index (χ4n) is 1.44. The molecule has 92 valence electrons. The number of esters is 1. The Balaban J connectivity index is 2.95. The average Bonchev–Trinajstić information content (AvgIpc) is 2.26. The van der Waals surface area contributed by atoms with Crippen molar-refractivity contribution >= 4 is 12.0 Å². The summed E-state index contributed by atoms with van der Waals surface area (Å²) in [5.41, 5.74) is 1.66. The smallest absolute Gasteiger partial charge is 0.330 e. The summed E-state index contributed by atoms with van der Waals surface area (Å²) in [7, 11) is 0. The minimum Gasteiger partial charge on any atom is -0.463 e. The summed E-state index contributed by atoms with van der Waals surface area (Å²) < 4.78 is 4.82. The molecule has 0 aromatic carbocycles. The van der Waals surface area contributed by atoms with Gasteiger partial charge in [0.1, 0.15) is 6.33 Å². The van der Waals surface area contributed by atoms with Gasteiger partial charge in [-0.25, -0.2) is 14.8 Å². The number of rotatable bonds is 3. The van der Waals surface area contributed by atoms with Gasteiger partial charge in [-0.15, -0.1) is 0 Å². The fourth-order valence-corrected chi connectivity index (χ4v) is 1.44. The Morgan fingerprint density at radius 2 is 2.18 bits per heavy atom. The monoisotopic (exact) mass is 234 g/mol. The van der Waals surface area contributed by atoms with Crippen molar-refractivity contribution in [3.05, 3.63) is 29.9 Å². The molecule has 0 aliphatic carbocycles. The van der Waals surface area contributed by atoms with Gasteiger partial charge in [-0.1, -0.05) is 20.8 Å². The van der Waals surface area contributed by atoms with Crippen LogP contribution < -0.4 is 0 Å². The zero-order chi connectivity index (χ0) is 12.9. The lowest BCUT2D eigenvalue weighted by atomic mass is 9.89. The molecule has 0 aliphatic heterocycles. The van der Waals surface area contributed by atoms with Crippen molar-refractivity contribution in [2.75, 3.05) is 6.61 Å². The molecule has 0 amide bonds. The van der Waals surface area contributed by atoms with Crippen LogP contribution in [0.4, 0.5) is 0 Å². The lowest BCUT2D eigenvalue weighted by molar-refractivity contribution is -0.137. The summed E-state index contributed by atoms with van der Waals surface area (Å²) >= 11 is 0. The van der Waals surface area contributed by atoms with E-state index >= 15 is 0 Å². The molecule has 17 heavy (non-hydrogen) atoms. The first-order valence-corrected chi connectivity index (χ1v) is 5.60. The second-order valence-electron chi connectivity index (χ2n) is 4.66. The average molecular weight is 234 g/mol.